The van der Waals surface area contributed by atoms with Gasteiger partial charge >= 0.3 is 11.9 Å². The van der Waals surface area contributed by atoms with Gasteiger partial charge < -0.3 is 19.7 Å². The summed E-state index contributed by atoms with van der Waals surface area (Å²) in [7, 11) is 0. The fourth-order valence-electron chi connectivity index (χ4n) is 4.47. The van der Waals surface area contributed by atoms with Gasteiger partial charge in [-0.3, -0.25) is 9.59 Å². The van der Waals surface area contributed by atoms with Crippen LogP contribution in [0, 0.1) is 5.92 Å². The largest absolute Gasteiger partial charge is 0.462 e. The van der Waals surface area contributed by atoms with E-state index < -0.39 is 24.8 Å². The molecule has 0 aliphatic carbocycles. The van der Waals surface area contributed by atoms with Gasteiger partial charge in [-0.2, -0.15) is 0 Å². The van der Waals surface area contributed by atoms with Crippen molar-refractivity contribution in [2.24, 2.45) is 5.92 Å². The molecule has 0 rings (SSSR count). The monoisotopic (exact) mass is 616 g/mol. The van der Waals surface area contributed by atoms with Crippen LogP contribution in [0.2, 0.25) is 0 Å². The summed E-state index contributed by atoms with van der Waals surface area (Å²) in [4.78, 5) is 24.1. The number of hydrogen-bond acceptors (Lipinski definition) is 6. The molecule has 0 heterocycles. The van der Waals surface area contributed by atoms with Crippen molar-refractivity contribution in [1.82, 2.24) is 0 Å². The molecule has 0 aromatic heterocycles. The number of unbranched alkanes of at least 4 members (excludes halogenated alkanes) is 8. The van der Waals surface area contributed by atoms with E-state index in [1.54, 1.807) is 6.08 Å². The van der Waals surface area contributed by atoms with Crippen LogP contribution in [-0.2, 0) is 19.1 Å². The Hall–Kier alpha value is -2.44. The van der Waals surface area contributed by atoms with E-state index in [1.807, 2.05) is 18.2 Å². The van der Waals surface area contributed by atoms with Crippen LogP contribution in [0.1, 0.15) is 136 Å². The summed E-state index contributed by atoms with van der Waals surface area (Å²) >= 11 is 0. The Morgan fingerprint density at radius 3 is 1.80 bits per heavy atom. The molecule has 0 aliphatic rings. The number of ether oxygens (including phenoxy) is 2. The fraction of sp³-hybridized carbons (Fsp3) is 0.684. The number of carbonyl (C=O) groups excluding carboxylic acids is 2. The van der Waals surface area contributed by atoms with Crippen LogP contribution < -0.4 is 0 Å². The van der Waals surface area contributed by atoms with Crippen molar-refractivity contribution in [2.75, 3.05) is 13.2 Å². The average Bonchev–Trinajstić information content (AvgIpc) is 3.00. The Kier molecular flexibility index (Phi) is 30.2. The van der Waals surface area contributed by atoms with E-state index in [4.69, 9.17) is 9.47 Å². The zero-order chi connectivity index (χ0) is 32.5. The minimum atomic E-state index is -0.846. The Morgan fingerprint density at radius 2 is 1.20 bits per heavy atom. The second kappa shape index (κ2) is 32.0. The number of rotatable bonds is 29. The predicted molar refractivity (Wildman–Crippen MR) is 183 cm³/mol. The summed E-state index contributed by atoms with van der Waals surface area (Å²) in [6.07, 6.45) is 36.0. The zero-order valence-electron chi connectivity index (χ0n) is 28.2. The van der Waals surface area contributed by atoms with Crippen molar-refractivity contribution in [2.45, 2.75) is 149 Å². The number of allylic oxidation sites excluding steroid dienone is 9. The van der Waals surface area contributed by atoms with Gasteiger partial charge in [-0.25, -0.2) is 0 Å². The summed E-state index contributed by atoms with van der Waals surface area (Å²) in [5, 5.41) is 19.6. The second-order valence-electron chi connectivity index (χ2n) is 11.9. The Morgan fingerprint density at radius 1 is 0.659 bits per heavy atom. The van der Waals surface area contributed by atoms with Gasteiger partial charge in [-0.15, -0.1) is 0 Å². The van der Waals surface area contributed by atoms with Gasteiger partial charge in [-0.1, -0.05) is 139 Å². The highest BCUT2D eigenvalue weighted by molar-refractivity contribution is 5.70. The molecule has 6 nitrogen and oxygen atoms in total. The van der Waals surface area contributed by atoms with Crippen molar-refractivity contribution in [3.63, 3.8) is 0 Å². The van der Waals surface area contributed by atoms with E-state index in [2.05, 4.69) is 57.2 Å². The smallest absolute Gasteiger partial charge is 0.306 e. The first-order valence-corrected chi connectivity index (χ1v) is 17.3. The second-order valence-corrected chi connectivity index (χ2v) is 11.9. The van der Waals surface area contributed by atoms with Crippen LogP contribution in [0.5, 0.6) is 0 Å². The molecule has 0 aromatic rings. The third-order valence-corrected chi connectivity index (χ3v) is 7.11. The van der Waals surface area contributed by atoms with Crippen LogP contribution in [-0.4, -0.2) is 47.6 Å². The van der Waals surface area contributed by atoms with E-state index >= 15 is 0 Å². The van der Waals surface area contributed by atoms with E-state index in [-0.39, 0.29) is 19.0 Å². The molecule has 0 fully saturated rings. The van der Waals surface area contributed by atoms with Crippen LogP contribution in [0.15, 0.2) is 60.8 Å². The SMILES string of the molecule is CC/C=C\C/C=C\C/C=C\C/C=C\C=C\C(O)CCCC(=O)OC[C@H](CO)OC(=O)CCCCCCCCCCCC(C)C. The highest BCUT2D eigenvalue weighted by atomic mass is 16.6. The molecule has 0 spiro atoms. The molecular weight excluding hydrogens is 552 g/mol. The maximum atomic E-state index is 12.1. The van der Waals surface area contributed by atoms with Gasteiger partial charge in [0.05, 0.1) is 12.7 Å². The van der Waals surface area contributed by atoms with Gasteiger partial charge in [0.25, 0.3) is 0 Å². The number of carbonyl (C=O) groups is 2. The van der Waals surface area contributed by atoms with Gasteiger partial charge in [0.1, 0.15) is 6.61 Å². The molecule has 0 saturated carbocycles. The lowest BCUT2D eigenvalue weighted by Gasteiger charge is -2.16. The minimum absolute atomic E-state index is 0.152. The molecule has 1 unspecified atom stereocenters. The van der Waals surface area contributed by atoms with Crippen molar-refractivity contribution in [3.05, 3.63) is 60.8 Å². The Labute approximate surface area is 269 Å². The van der Waals surface area contributed by atoms with Crippen LogP contribution in [0.3, 0.4) is 0 Å². The normalized spacial score (nSPS) is 13.8. The van der Waals surface area contributed by atoms with Crippen molar-refractivity contribution in [1.29, 1.82) is 0 Å². The average molecular weight is 617 g/mol. The lowest BCUT2D eigenvalue weighted by Crippen LogP contribution is -2.28. The summed E-state index contributed by atoms with van der Waals surface area (Å²) in [6.45, 7) is 6.13. The van der Waals surface area contributed by atoms with E-state index in [1.165, 1.54) is 44.9 Å². The van der Waals surface area contributed by atoms with Crippen LogP contribution in [0.25, 0.3) is 0 Å². The molecule has 2 atom stereocenters. The maximum Gasteiger partial charge on any atom is 0.306 e. The third-order valence-electron chi connectivity index (χ3n) is 7.11. The Balaban J connectivity index is 3.84. The number of esters is 2. The first kappa shape index (κ1) is 41.6. The summed E-state index contributed by atoms with van der Waals surface area (Å²) in [5.74, 6) is -0.000420. The Bertz CT molecular complexity index is 823. The van der Waals surface area contributed by atoms with Crippen molar-refractivity contribution in [3.8, 4) is 0 Å². The standard InChI is InChI=1S/C38H64O6/c1-4-5-6-7-8-9-10-11-12-15-18-21-24-28-35(40)29-26-31-37(41)43-33-36(32-39)44-38(42)30-25-22-19-16-13-14-17-20-23-27-34(2)3/h5-6,8-9,11-12,18,21,24,28,34-36,39-40H,4,7,10,13-17,19-20,22-23,25-27,29-33H2,1-3H3/b6-5-,9-8-,12-11-,21-18-,28-24+/t35?,36-/m0/s1. The lowest BCUT2D eigenvalue weighted by molar-refractivity contribution is -0.161. The molecule has 0 aliphatic heterocycles. The quantitative estimate of drug-likeness (QED) is 0.0377. The topological polar surface area (TPSA) is 93.1 Å². The molecule has 0 aromatic carbocycles. The molecular formula is C38H64O6. The zero-order valence-corrected chi connectivity index (χ0v) is 28.2. The maximum absolute atomic E-state index is 12.1. The molecule has 0 radical (unpaired) electrons. The highest BCUT2D eigenvalue weighted by Crippen LogP contribution is 2.14. The summed E-state index contributed by atoms with van der Waals surface area (Å²) in [5.41, 5.74) is 0. The molecule has 0 amide bonds. The molecule has 44 heavy (non-hydrogen) atoms. The van der Waals surface area contributed by atoms with Crippen LogP contribution >= 0.6 is 0 Å². The summed E-state index contributed by atoms with van der Waals surface area (Å²) < 4.78 is 10.5. The van der Waals surface area contributed by atoms with E-state index in [0.29, 0.717) is 19.3 Å². The lowest BCUT2D eigenvalue weighted by atomic mass is 10.0. The van der Waals surface area contributed by atoms with Gasteiger partial charge in [-0.05, 0) is 50.9 Å². The molecule has 0 saturated heterocycles. The number of hydrogen-bond donors (Lipinski definition) is 2. The molecule has 2 N–H and O–H groups in total. The highest BCUT2D eigenvalue weighted by Gasteiger charge is 2.16. The number of aliphatic hydroxyl groups is 2. The molecule has 0 bridgehead atoms. The first-order valence-electron chi connectivity index (χ1n) is 17.3. The minimum Gasteiger partial charge on any atom is -0.462 e. The predicted octanol–water partition coefficient (Wildman–Crippen LogP) is 9.27. The third kappa shape index (κ3) is 31.0. The fourth-order valence-corrected chi connectivity index (χ4v) is 4.47. The van der Waals surface area contributed by atoms with E-state index in [0.717, 1.165) is 50.9 Å². The van der Waals surface area contributed by atoms with Crippen molar-refractivity contribution >= 4 is 11.9 Å². The number of aliphatic hydroxyl groups excluding tert-OH is 2. The van der Waals surface area contributed by atoms with Gasteiger partial charge in [0.15, 0.2) is 6.10 Å². The molecule has 6 heteroatoms. The van der Waals surface area contributed by atoms with Crippen molar-refractivity contribution < 1.29 is 29.3 Å². The first-order chi connectivity index (χ1) is 21.4. The van der Waals surface area contributed by atoms with Crippen LogP contribution in [0.4, 0.5) is 0 Å². The van der Waals surface area contributed by atoms with E-state index in [9.17, 15) is 19.8 Å². The summed E-state index contributed by atoms with van der Waals surface area (Å²) in [6, 6.07) is 0. The van der Waals surface area contributed by atoms with Gasteiger partial charge in [0, 0.05) is 12.8 Å². The van der Waals surface area contributed by atoms with Gasteiger partial charge in [0.2, 0.25) is 0 Å². The molecule has 252 valence electrons.